The highest BCUT2D eigenvalue weighted by atomic mass is 16.1. The van der Waals surface area contributed by atoms with E-state index >= 15 is 0 Å². The number of hydrazone groups is 1. The molecule has 0 unspecified atom stereocenters. The Balaban J connectivity index is 2.57. The fourth-order valence-electron chi connectivity index (χ4n) is 0.681. The standard InChI is InChI=1S/C8H8N2O/c11-7-10-9-6-8-4-2-1-3-5-8/h1-7H,(H,10,11)/b9-6-. The van der Waals surface area contributed by atoms with Crippen molar-refractivity contribution in [3.05, 3.63) is 35.9 Å². The van der Waals surface area contributed by atoms with Crippen LogP contribution in [0.2, 0.25) is 0 Å². The first-order valence-electron chi connectivity index (χ1n) is 3.21. The largest absolute Gasteiger partial charge is 0.277 e. The maximum Gasteiger partial charge on any atom is 0.227 e. The Morgan fingerprint density at radius 2 is 2.00 bits per heavy atom. The summed E-state index contributed by atoms with van der Waals surface area (Å²) in [5.41, 5.74) is 3.15. The van der Waals surface area contributed by atoms with Crippen LogP contribution in [0.25, 0.3) is 0 Å². The van der Waals surface area contributed by atoms with Crippen molar-refractivity contribution in [2.75, 3.05) is 0 Å². The van der Waals surface area contributed by atoms with Gasteiger partial charge in [-0.2, -0.15) is 5.10 Å². The van der Waals surface area contributed by atoms with Gasteiger partial charge in [0.2, 0.25) is 6.41 Å². The molecule has 0 bridgehead atoms. The quantitative estimate of drug-likeness (QED) is 0.384. The summed E-state index contributed by atoms with van der Waals surface area (Å²) in [7, 11) is 0. The molecule has 0 aliphatic carbocycles. The van der Waals surface area contributed by atoms with Crippen molar-refractivity contribution in [1.82, 2.24) is 5.43 Å². The van der Waals surface area contributed by atoms with E-state index in [0.29, 0.717) is 6.41 Å². The lowest BCUT2D eigenvalue weighted by Gasteiger charge is -1.88. The molecule has 1 N–H and O–H groups in total. The molecule has 0 aliphatic rings. The zero-order valence-corrected chi connectivity index (χ0v) is 5.90. The Bertz CT molecular complexity index is 244. The smallest absolute Gasteiger partial charge is 0.227 e. The molecule has 0 atom stereocenters. The van der Waals surface area contributed by atoms with Gasteiger partial charge < -0.3 is 0 Å². The number of nitrogens with one attached hydrogen (secondary N) is 1. The first-order valence-corrected chi connectivity index (χ1v) is 3.21. The van der Waals surface area contributed by atoms with Crippen molar-refractivity contribution < 1.29 is 4.79 Å². The summed E-state index contributed by atoms with van der Waals surface area (Å²) in [5.74, 6) is 0. The number of rotatable bonds is 3. The molecule has 3 heteroatoms. The summed E-state index contributed by atoms with van der Waals surface area (Å²) in [6.45, 7) is 0. The molecule has 0 aromatic heterocycles. The molecule has 0 spiro atoms. The molecule has 0 fully saturated rings. The van der Waals surface area contributed by atoms with E-state index in [1.165, 1.54) is 0 Å². The second-order valence-corrected chi connectivity index (χ2v) is 1.92. The maximum atomic E-state index is 9.77. The summed E-state index contributed by atoms with van der Waals surface area (Å²) in [5, 5.41) is 3.62. The van der Waals surface area contributed by atoms with Gasteiger partial charge in [-0.05, 0) is 5.56 Å². The number of benzene rings is 1. The zero-order valence-electron chi connectivity index (χ0n) is 5.90. The SMILES string of the molecule is O=CN/N=C\c1ccccc1. The van der Waals surface area contributed by atoms with Gasteiger partial charge in [-0.25, -0.2) is 5.43 Å². The van der Waals surface area contributed by atoms with Crippen LogP contribution in [-0.2, 0) is 4.79 Å². The molecule has 1 aromatic rings. The van der Waals surface area contributed by atoms with E-state index in [9.17, 15) is 4.79 Å². The Kier molecular flexibility index (Phi) is 2.86. The minimum absolute atomic E-state index is 0.527. The first kappa shape index (κ1) is 7.47. The summed E-state index contributed by atoms with van der Waals surface area (Å²) in [6, 6.07) is 9.53. The zero-order chi connectivity index (χ0) is 7.94. The van der Waals surface area contributed by atoms with Gasteiger partial charge in [0, 0.05) is 0 Å². The lowest BCUT2D eigenvalue weighted by atomic mass is 10.2. The summed E-state index contributed by atoms with van der Waals surface area (Å²) < 4.78 is 0. The average molecular weight is 148 g/mol. The number of carbonyl (C=O) groups is 1. The number of amides is 1. The van der Waals surface area contributed by atoms with Crippen LogP contribution in [0.1, 0.15) is 5.56 Å². The van der Waals surface area contributed by atoms with Crippen LogP contribution in [-0.4, -0.2) is 12.6 Å². The van der Waals surface area contributed by atoms with Gasteiger partial charge in [-0.3, -0.25) is 4.79 Å². The number of hydrogen-bond donors (Lipinski definition) is 1. The molecule has 56 valence electrons. The Morgan fingerprint density at radius 3 is 2.64 bits per heavy atom. The molecule has 11 heavy (non-hydrogen) atoms. The van der Waals surface area contributed by atoms with E-state index in [1.807, 2.05) is 30.3 Å². The third-order valence-electron chi connectivity index (χ3n) is 1.14. The third-order valence-corrected chi connectivity index (χ3v) is 1.14. The average Bonchev–Trinajstić information content (AvgIpc) is 2.07. The topological polar surface area (TPSA) is 41.5 Å². The molecule has 0 heterocycles. The Morgan fingerprint density at radius 1 is 1.27 bits per heavy atom. The highest BCUT2D eigenvalue weighted by Crippen LogP contribution is 1.92. The second-order valence-electron chi connectivity index (χ2n) is 1.92. The number of carbonyl (C=O) groups excluding carboxylic acids is 1. The van der Waals surface area contributed by atoms with Crippen molar-refractivity contribution in [3.8, 4) is 0 Å². The fraction of sp³-hybridized carbons (Fsp3) is 0. The molecule has 0 aliphatic heterocycles. The van der Waals surface area contributed by atoms with Gasteiger partial charge in [0.05, 0.1) is 6.21 Å². The van der Waals surface area contributed by atoms with Crippen molar-refractivity contribution in [2.24, 2.45) is 5.10 Å². The van der Waals surface area contributed by atoms with E-state index in [2.05, 4.69) is 10.5 Å². The Labute approximate surface area is 64.7 Å². The molecule has 3 nitrogen and oxygen atoms in total. The van der Waals surface area contributed by atoms with Gasteiger partial charge in [-0.15, -0.1) is 0 Å². The van der Waals surface area contributed by atoms with Crippen molar-refractivity contribution in [2.45, 2.75) is 0 Å². The van der Waals surface area contributed by atoms with Crippen LogP contribution in [0.3, 0.4) is 0 Å². The van der Waals surface area contributed by atoms with Gasteiger partial charge in [0.1, 0.15) is 0 Å². The second kappa shape index (κ2) is 4.22. The maximum absolute atomic E-state index is 9.77. The van der Waals surface area contributed by atoms with Gasteiger partial charge in [0.15, 0.2) is 0 Å². The van der Waals surface area contributed by atoms with E-state index in [0.717, 1.165) is 5.56 Å². The molecular formula is C8H8N2O. The first-order chi connectivity index (χ1) is 5.43. The normalized spacial score (nSPS) is 9.82. The van der Waals surface area contributed by atoms with Crippen LogP contribution >= 0.6 is 0 Å². The van der Waals surface area contributed by atoms with E-state index < -0.39 is 0 Å². The molecule has 0 saturated heterocycles. The lowest BCUT2D eigenvalue weighted by Crippen LogP contribution is -2.00. The van der Waals surface area contributed by atoms with Gasteiger partial charge in [-0.1, -0.05) is 30.3 Å². The van der Waals surface area contributed by atoms with Crippen LogP contribution in [0.5, 0.6) is 0 Å². The summed E-state index contributed by atoms with van der Waals surface area (Å²) in [4.78, 5) is 9.77. The monoisotopic (exact) mass is 148 g/mol. The molecule has 1 aromatic carbocycles. The van der Waals surface area contributed by atoms with Crippen LogP contribution < -0.4 is 5.43 Å². The van der Waals surface area contributed by atoms with Gasteiger partial charge in [0.25, 0.3) is 0 Å². The molecular weight excluding hydrogens is 140 g/mol. The van der Waals surface area contributed by atoms with Gasteiger partial charge >= 0.3 is 0 Å². The lowest BCUT2D eigenvalue weighted by molar-refractivity contribution is -0.109. The number of hydrogen-bond acceptors (Lipinski definition) is 2. The molecule has 1 rings (SSSR count). The van der Waals surface area contributed by atoms with Crippen LogP contribution in [0.15, 0.2) is 35.4 Å². The highest BCUT2D eigenvalue weighted by molar-refractivity contribution is 5.79. The predicted molar refractivity (Wildman–Crippen MR) is 43.2 cm³/mol. The highest BCUT2D eigenvalue weighted by Gasteiger charge is 1.80. The van der Waals surface area contributed by atoms with Crippen molar-refractivity contribution in [3.63, 3.8) is 0 Å². The van der Waals surface area contributed by atoms with E-state index in [1.54, 1.807) is 6.21 Å². The number of nitrogens with zero attached hydrogens (tertiary/aromatic N) is 1. The van der Waals surface area contributed by atoms with Crippen LogP contribution in [0, 0.1) is 0 Å². The molecule has 1 amide bonds. The van der Waals surface area contributed by atoms with Crippen molar-refractivity contribution in [1.29, 1.82) is 0 Å². The minimum atomic E-state index is 0.527. The van der Waals surface area contributed by atoms with E-state index in [4.69, 9.17) is 0 Å². The summed E-state index contributed by atoms with van der Waals surface area (Å²) in [6.07, 6.45) is 2.10. The van der Waals surface area contributed by atoms with Crippen molar-refractivity contribution >= 4 is 12.6 Å². The predicted octanol–water partition coefficient (Wildman–Crippen LogP) is 0.766. The third kappa shape index (κ3) is 2.62. The molecule has 0 radical (unpaired) electrons. The fourth-order valence-corrected chi connectivity index (χ4v) is 0.681. The van der Waals surface area contributed by atoms with E-state index in [-0.39, 0.29) is 0 Å². The molecule has 0 saturated carbocycles. The summed E-state index contributed by atoms with van der Waals surface area (Å²) >= 11 is 0. The Hall–Kier alpha value is -1.64. The minimum Gasteiger partial charge on any atom is -0.277 e. The van der Waals surface area contributed by atoms with Crippen LogP contribution in [0.4, 0.5) is 0 Å².